The molecule has 0 fully saturated rings. The average Bonchev–Trinajstić information content (AvgIpc) is 2.54. The third kappa shape index (κ3) is 3.80. The van der Waals surface area contributed by atoms with Gasteiger partial charge in [0.15, 0.2) is 0 Å². The van der Waals surface area contributed by atoms with E-state index in [1.165, 1.54) is 20.3 Å². The van der Waals surface area contributed by atoms with Crippen LogP contribution in [0.2, 0.25) is 0 Å². The first kappa shape index (κ1) is 17.2. The second kappa shape index (κ2) is 6.97. The number of ether oxygens (including phenoxy) is 2. The molecule has 0 aliphatic carbocycles. The highest BCUT2D eigenvalue weighted by molar-refractivity contribution is 7.89. The Labute approximate surface area is 135 Å². The molecule has 2 aromatic carbocycles. The van der Waals surface area contributed by atoms with Gasteiger partial charge in [0.25, 0.3) is 0 Å². The number of rotatable bonds is 6. The molecular formula is C16H18FNO4S. The van der Waals surface area contributed by atoms with Gasteiger partial charge in [-0.3, -0.25) is 0 Å². The van der Waals surface area contributed by atoms with E-state index in [-0.39, 0.29) is 10.6 Å². The Hall–Kier alpha value is -2.12. The molecule has 0 amide bonds. The normalized spacial score (nSPS) is 12.7. The van der Waals surface area contributed by atoms with Crippen LogP contribution < -0.4 is 14.2 Å². The third-order valence-corrected chi connectivity index (χ3v) is 4.91. The fourth-order valence-electron chi connectivity index (χ4n) is 2.24. The van der Waals surface area contributed by atoms with E-state index in [9.17, 15) is 12.8 Å². The molecule has 7 heteroatoms. The van der Waals surface area contributed by atoms with Gasteiger partial charge in [-0.05, 0) is 31.2 Å². The van der Waals surface area contributed by atoms with Crippen LogP contribution >= 0.6 is 0 Å². The van der Waals surface area contributed by atoms with E-state index in [0.29, 0.717) is 11.3 Å². The van der Waals surface area contributed by atoms with Crippen LogP contribution in [0.4, 0.5) is 4.39 Å². The molecule has 0 saturated heterocycles. The van der Waals surface area contributed by atoms with E-state index in [4.69, 9.17) is 9.47 Å². The summed E-state index contributed by atoms with van der Waals surface area (Å²) in [5, 5.41) is 0. The van der Waals surface area contributed by atoms with Crippen LogP contribution in [0.15, 0.2) is 47.4 Å². The van der Waals surface area contributed by atoms with Gasteiger partial charge < -0.3 is 9.47 Å². The summed E-state index contributed by atoms with van der Waals surface area (Å²) in [5.41, 5.74) is 0.675. The Morgan fingerprint density at radius 2 is 1.70 bits per heavy atom. The molecule has 1 atom stereocenters. The van der Waals surface area contributed by atoms with Crippen LogP contribution in [0.5, 0.6) is 11.5 Å². The minimum atomic E-state index is -3.97. The molecule has 0 bridgehead atoms. The van der Waals surface area contributed by atoms with Crippen molar-refractivity contribution in [3.63, 3.8) is 0 Å². The van der Waals surface area contributed by atoms with Gasteiger partial charge in [0.2, 0.25) is 10.0 Å². The SMILES string of the molecule is COc1ccccc1C(C)NS(=O)(=O)c1cc(F)ccc1OC. The molecule has 23 heavy (non-hydrogen) atoms. The number of hydrogen-bond acceptors (Lipinski definition) is 4. The molecule has 1 N–H and O–H groups in total. The van der Waals surface area contributed by atoms with Crippen molar-refractivity contribution < 1.29 is 22.3 Å². The zero-order valence-electron chi connectivity index (χ0n) is 13.0. The lowest BCUT2D eigenvalue weighted by Gasteiger charge is -2.18. The number of methoxy groups -OCH3 is 2. The summed E-state index contributed by atoms with van der Waals surface area (Å²) in [5.74, 6) is -0.0175. The zero-order chi connectivity index (χ0) is 17.0. The molecule has 0 spiro atoms. The van der Waals surface area contributed by atoms with Crippen molar-refractivity contribution in [2.24, 2.45) is 0 Å². The van der Waals surface area contributed by atoms with E-state index in [1.54, 1.807) is 31.2 Å². The Bertz CT molecular complexity index is 792. The number of para-hydroxylation sites is 1. The molecule has 0 aliphatic rings. The van der Waals surface area contributed by atoms with Crippen molar-refractivity contribution in [2.75, 3.05) is 14.2 Å². The van der Waals surface area contributed by atoms with E-state index in [1.807, 2.05) is 0 Å². The second-order valence-electron chi connectivity index (χ2n) is 4.88. The molecule has 5 nitrogen and oxygen atoms in total. The van der Waals surface area contributed by atoms with Gasteiger partial charge in [-0.1, -0.05) is 18.2 Å². The molecule has 124 valence electrons. The number of sulfonamides is 1. The maximum Gasteiger partial charge on any atom is 0.244 e. The minimum Gasteiger partial charge on any atom is -0.496 e. The Morgan fingerprint density at radius 3 is 2.35 bits per heavy atom. The molecule has 2 rings (SSSR count). The van der Waals surface area contributed by atoms with Crippen molar-refractivity contribution in [3.05, 3.63) is 53.8 Å². The highest BCUT2D eigenvalue weighted by atomic mass is 32.2. The summed E-state index contributed by atoms with van der Waals surface area (Å²) in [6, 6.07) is 9.85. The highest BCUT2D eigenvalue weighted by Crippen LogP contribution is 2.29. The maximum absolute atomic E-state index is 13.4. The third-order valence-electron chi connectivity index (χ3n) is 3.35. The van der Waals surface area contributed by atoms with Gasteiger partial charge in [-0.25, -0.2) is 17.5 Å². The number of hydrogen-bond donors (Lipinski definition) is 1. The van der Waals surface area contributed by atoms with E-state index < -0.39 is 21.9 Å². The predicted molar refractivity (Wildman–Crippen MR) is 84.7 cm³/mol. The first-order valence-corrected chi connectivity index (χ1v) is 8.36. The van der Waals surface area contributed by atoms with Crippen LogP contribution in [0.3, 0.4) is 0 Å². The summed E-state index contributed by atoms with van der Waals surface area (Å²) in [7, 11) is -1.13. The lowest BCUT2D eigenvalue weighted by Crippen LogP contribution is -2.27. The minimum absolute atomic E-state index is 0.0751. The smallest absolute Gasteiger partial charge is 0.244 e. The van der Waals surface area contributed by atoms with Crippen LogP contribution in [0, 0.1) is 5.82 Å². The fraction of sp³-hybridized carbons (Fsp3) is 0.250. The van der Waals surface area contributed by atoms with E-state index in [2.05, 4.69) is 4.72 Å². The summed E-state index contributed by atoms with van der Waals surface area (Å²) in [6.07, 6.45) is 0. The van der Waals surface area contributed by atoms with Gasteiger partial charge in [-0.15, -0.1) is 0 Å². The van der Waals surface area contributed by atoms with Crippen LogP contribution in [0.1, 0.15) is 18.5 Å². The van der Waals surface area contributed by atoms with Crippen molar-refractivity contribution in [3.8, 4) is 11.5 Å². The summed E-state index contributed by atoms with van der Waals surface area (Å²) < 4.78 is 51.3. The highest BCUT2D eigenvalue weighted by Gasteiger charge is 2.24. The van der Waals surface area contributed by atoms with Crippen molar-refractivity contribution >= 4 is 10.0 Å². The average molecular weight is 339 g/mol. The van der Waals surface area contributed by atoms with Crippen molar-refractivity contribution in [1.82, 2.24) is 4.72 Å². The summed E-state index contributed by atoms with van der Waals surface area (Å²) >= 11 is 0. The largest absolute Gasteiger partial charge is 0.496 e. The number of benzene rings is 2. The second-order valence-corrected chi connectivity index (χ2v) is 6.56. The monoisotopic (exact) mass is 339 g/mol. The topological polar surface area (TPSA) is 64.6 Å². The zero-order valence-corrected chi connectivity index (χ0v) is 13.9. The van der Waals surface area contributed by atoms with E-state index >= 15 is 0 Å². The molecule has 2 aromatic rings. The lowest BCUT2D eigenvalue weighted by molar-refractivity contribution is 0.399. The van der Waals surface area contributed by atoms with Gasteiger partial charge in [-0.2, -0.15) is 0 Å². The molecule has 0 aromatic heterocycles. The predicted octanol–water partition coefficient (Wildman–Crippen LogP) is 2.88. The van der Waals surface area contributed by atoms with Gasteiger partial charge in [0.05, 0.1) is 14.2 Å². The lowest BCUT2D eigenvalue weighted by atomic mass is 10.1. The molecule has 0 saturated carbocycles. The van der Waals surface area contributed by atoms with Crippen LogP contribution in [-0.4, -0.2) is 22.6 Å². The first-order chi connectivity index (χ1) is 10.9. The Kier molecular flexibility index (Phi) is 5.23. The Morgan fingerprint density at radius 1 is 1.04 bits per heavy atom. The van der Waals surface area contributed by atoms with Gasteiger partial charge >= 0.3 is 0 Å². The molecule has 0 radical (unpaired) electrons. The van der Waals surface area contributed by atoms with Gasteiger partial charge in [0, 0.05) is 11.6 Å². The van der Waals surface area contributed by atoms with Crippen molar-refractivity contribution in [1.29, 1.82) is 0 Å². The number of halogens is 1. The maximum atomic E-state index is 13.4. The fourth-order valence-corrected chi connectivity index (χ4v) is 3.65. The van der Waals surface area contributed by atoms with Gasteiger partial charge in [0.1, 0.15) is 22.2 Å². The molecular weight excluding hydrogens is 321 g/mol. The summed E-state index contributed by atoms with van der Waals surface area (Å²) in [6.45, 7) is 1.68. The van der Waals surface area contributed by atoms with Crippen molar-refractivity contribution in [2.45, 2.75) is 17.9 Å². The summed E-state index contributed by atoms with van der Waals surface area (Å²) in [4.78, 5) is -0.248. The van der Waals surface area contributed by atoms with Crippen LogP contribution in [0.25, 0.3) is 0 Å². The standard InChI is InChI=1S/C16H18FNO4S/c1-11(13-6-4-5-7-14(13)21-2)18-23(19,20)16-10-12(17)8-9-15(16)22-3/h4-11,18H,1-3H3. The number of nitrogens with one attached hydrogen (secondary N) is 1. The molecule has 1 unspecified atom stereocenters. The Balaban J connectivity index is 2.36. The quantitative estimate of drug-likeness (QED) is 0.879. The molecule has 0 heterocycles. The van der Waals surface area contributed by atoms with Crippen LogP contribution in [-0.2, 0) is 10.0 Å². The first-order valence-electron chi connectivity index (χ1n) is 6.88. The van der Waals surface area contributed by atoms with E-state index in [0.717, 1.165) is 12.1 Å². The molecule has 0 aliphatic heterocycles.